The van der Waals surface area contributed by atoms with Crippen LogP contribution in [0.5, 0.6) is 0 Å². The van der Waals surface area contributed by atoms with Crippen molar-refractivity contribution in [3.05, 3.63) is 57.9 Å². The number of unbranched alkanes of at least 4 members (excludes halogenated alkanes) is 2. The Labute approximate surface area is 133 Å². The zero-order chi connectivity index (χ0) is 15.9. The molecule has 0 bridgehead atoms. The summed E-state index contributed by atoms with van der Waals surface area (Å²) in [5.74, 6) is 0. The minimum atomic E-state index is 0.128. The molecule has 118 valence electrons. The fourth-order valence-corrected chi connectivity index (χ4v) is 2.67. The zero-order valence-electron chi connectivity index (χ0n) is 13.9. The second-order valence-corrected chi connectivity index (χ2v) is 5.80. The van der Waals surface area contributed by atoms with Crippen LogP contribution >= 0.6 is 0 Å². The highest BCUT2D eigenvalue weighted by molar-refractivity contribution is 5.60. The number of hydrogen-bond acceptors (Lipinski definition) is 2. The van der Waals surface area contributed by atoms with Crippen molar-refractivity contribution in [1.29, 1.82) is 0 Å². The van der Waals surface area contributed by atoms with Crippen LogP contribution in [0, 0.1) is 6.92 Å². The molecule has 0 aliphatic heterocycles. The van der Waals surface area contributed by atoms with Gasteiger partial charge in [0.15, 0.2) is 0 Å². The van der Waals surface area contributed by atoms with E-state index in [-0.39, 0.29) is 5.56 Å². The van der Waals surface area contributed by atoms with Crippen LogP contribution < -0.4 is 10.9 Å². The van der Waals surface area contributed by atoms with Crippen LogP contribution in [-0.2, 0) is 13.1 Å². The molecule has 3 heteroatoms. The predicted octanol–water partition coefficient (Wildman–Crippen LogP) is 3.73. The highest BCUT2D eigenvalue weighted by Gasteiger charge is 2.10. The van der Waals surface area contributed by atoms with Crippen molar-refractivity contribution < 1.29 is 0 Å². The number of aromatic nitrogens is 1. The van der Waals surface area contributed by atoms with Crippen LogP contribution in [0.2, 0.25) is 0 Å². The molecule has 0 aliphatic rings. The summed E-state index contributed by atoms with van der Waals surface area (Å²) in [6, 6.07) is 12.4. The molecule has 0 unspecified atom stereocenters. The van der Waals surface area contributed by atoms with Gasteiger partial charge < -0.3 is 9.88 Å². The largest absolute Gasteiger partial charge is 0.315 e. The van der Waals surface area contributed by atoms with Crippen LogP contribution in [0.25, 0.3) is 11.3 Å². The molecule has 0 radical (unpaired) electrons. The Balaban J connectivity index is 2.45. The molecule has 0 aliphatic carbocycles. The van der Waals surface area contributed by atoms with Gasteiger partial charge in [-0.2, -0.15) is 0 Å². The average Bonchev–Trinajstić information content (AvgIpc) is 2.52. The molecule has 1 aromatic carbocycles. The van der Waals surface area contributed by atoms with E-state index in [2.05, 4.69) is 49.5 Å². The van der Waals surface area contributed by atoms with Crippen molar-refractivity contribution in [2.45, 2.75) is 46.2 Å². The minimum Gasteiger partial charge on any atom is -0.315 e. The van der Waals surface area contributed by atoms with Gasteiger partial charge in [0.25, 0.3) is 5.56 Å². The molecular weight excluding hydrogens is 272 g/mol. The topological polar surface area (TPSA) is 34.0 Å². The Bertz CT molecular complexity index is 656. The summed E-state index contributed by atoms with van der Waals surface area (Å²) in [7, 11) is 1.87. The molecule has 2 aromatic rings. The third kappa shape index (κ3) is 3.86. The first-order valence-corrected chi connectivity index (χ1v) is 8.11. The Morgan fingerprint density at radius 3 is 2.41 bits per heavy atom. The van der Waals surface area contributed by atoms with Crippen molar-refractivity contribution >= 4 is 0 Å². The Morgan fingerprint density at radius 2 is 1.77 bits per heavy atom. The Kier molecular flexibility index (Phi) is 5.96. The van der Waals surface area contributed by atoms with Crippen LogP contribution in [-0.4, -0.2) is 11.6 Å². The fourth-order valence-electron chi connectivity index (χ4n) is 2.67. The van der Waals surface area contributed by atoms with Crippen LogP contribution in [0.4, 0.5) is 0 Å². The molecule has 1 aromatic heterocycles. The first kappa shape index (κ1) is 16.5. The summed E-state index contributed by atoms with van der Waals surface area (Å²) >= 11 is 0. The second kappa shape index (κ2) is 7.95. The minimum absolute atomic E-state index is 0.128. The van der Waals surface area contributed by atoms with E-state index in [0.717, 1.165) is 42.6 Å². The predicted molar refractivity (Wildman–Crippen MR) is 93.2 cm³/mol. The summed E-state index contributed by atoms with van der Waals surface area (Å²) in [6.07, 6.45) is 3.35. The van der Waals surface area contributed by atoms with Crippen LogP contribution in [0.1, 0.15) is 37.3 Å². The molecule has 0 fully saturated rings. The van der Waals surface area contributed by atoms with Crippen molar-refractivity contribution in [3.63, 3.8) is 0 Å². The molecule has 0 spiro atoms. The Morgan fingerprint density at radius 1 is 1.05 bits per heavy atom. The van der Waals surface area contributed by atoms with Gasteiger partial charge in [-0.1, -0.05) is 55.7 Å². The lowest BCUT2D eigenvalue weighted by molar-refractivity contribution is 0.586. The van der Waals surface area contributed by atoms with Gasteiger partial charge in [-0.25, -0.2) is 0 Å². The number of nitrogens with zero attached hydrogens (tertiary/aromatic N) is 1. The molecular formula is C19H26N2O. The summed E-state index contributed by atoms with van der Waals surface area (Å²) in [5, 5.41) is 3.07. The Hall–Kier alpha value is -1.87. The van der Waals surface area contributed by atoms with Gasteiger partial charge in [0.05, 0.1) is 5.69 Å². The standard InChI is InChI=1S/C19H26N2O/c1-4-5-6-13-21-18(16-9-7-15(2)8-10-16)12-11-17(14-20-3)19(21)22/h7-12,20H,4-6,13-14H2,1-3H3. The van der Waals surface area contributed by atoms with E-state index in [1.807, 2.05) is 17.7 Å². The molecule has 0 atom stereocenters. The first-order valence-electron chi connectivity index (χ1n) is 8.11. The number of rotatable bonds is 7. The average molecular weight is 298 g/mol. The third-order valence-electron chi connectivity index (χ3n) is 3.95. The molecule has 22 heavy (non-hydrogen) atoms. The smallest absolute Gasteiger partial charge is 0.255 e. The van der Waals surface area contributed by atoms with Gasteiger partial charge in [-0.15, -0.1) is 0 Å². The second-order valence-electron chi connectivity index (χ2n) is 5.80. The van der Waals surface area contributed by atoms with Gasteiger partial charge >= 0.3 is 0 Å². The van der Waals surface area contributed by atoms with Crippen molar-refractivity contribution in [1.82, 2.24) is 9.88 Å². The number of benzene rings is 1. The van der Waals surface area contributed by atoms with Gasteiger partial charge in [-0.3, -0.25) is 4.79 Å². The SMILES string of the molecule is CCCCCn1c(-c2ccc(C)cc2)ccc(CNC)c1=O. The molecule has 1 heterocycles. The van der Waals surface area contributed by atoms with Crippen molar-refractivity contribution in [2.24, 2.45) is 0 Å². The molecule has 2 rings (SSSR count). The molecule has 0 amide bonds. The number of pyridine rings is 1. The van der Waals surface area contributed by atoms with Gasteiger partial charge in [0, 0.05) is 18.7 Å². The van der Waals surface area contributed by atoms with Crippen LogP contribution in [0.15, 0.2) is 41.2 Å². The van der Waals surface area contributed by atoms with Gasteiger partial charge in [0.2, 0.25) is 0 Å². The van der Waals surface area contributed by atoms with Crippen molar-refractivity contribution in [2.75, 3.05) is 7.05 Å². The lowest BCUT2D eigenvalue weighted by Crippen LogP contribution is -2.27. The van der Waals surface area contributed by atoms with Crippen molar-refractivity contribution in [3.8, 4) is 11.3 Å². The quantitative estimate of drug-likeness (QED) is 0.790. The van der Waals surface area contributed by atoms with E-state index in [9.17, 15) is 4.79 Å². The first-order chi connectivity index (χ1) is 10.7. The molecule has 0 saturated carbocycles. The number of nitrogens with one attached hydrogen (secondary N) is 1. The number of aryl methyl sites for hydroxylation is 1. The normalized spacial score (nSPS) is 10.9. The van der Waals surface area contributed by atoms with E-state index in [1.54, 1.807) is 0 Å². The van der Waals surface area contributed by atoms with E-state index in [1.165, 1.54) is 5.56 Å². The lowest BCUT2D eigenvalue weighted by Gasteiger charge is -2.15. The molecule has 1 N–H and O–H groups in total. The highest BCUT2D eigenvalue weighted by Crippen LogP contribution is 2.19. The van der Waals surface area contributed by atoms with E-state index < -0.39 is 0 Å². The van der Waals surface area contributed by atoms with E-state index in [4.69, 9.17) is 0 Å². The monoisotopic (exact) mass is 298 g/mol. The van der Waals surface area contributed by atoms with E-state index >= 15 is 0 Å². The zero-order valence-corrected chi connectivity index (χ0v) is 13.9. The fraction of sp³-hybridized carbons (Fsp3) is 0.421. The maximum atomic E-state index is 12.7. The third-order valence-corrected chi connectivity index (χ3v) is 3.95. The maximum Gasteiger partial charge on any atom is 0.255 e. The molecule has 3 nitrogen and oxygen atoms in total. The highest BCUT2D eigenvalue weighted by atomic mass is 16.1. The van der Waals surface area contributed by atoms with Gasteiger partial charge in [0.1, 0.15) is 0 Å². The summed E-state index contributed by atoms with van der Waals surface area (Å²) < 4.78 is 1.94. The lowest BCUT2D eigenvalue weighted by atomic mass is 10.1. The summed E-state index contributed by atoms with van der Waals surface area (Å²) in [5.41, 5.74) is 4.31. The molecule has 0 saturated heterocycles. The van der Waals surface area contributed by atoms with Crippen LogP contribution in [0.3, 0.4) is 0 Å². The number of hydrogen-bond donors (Lipinski definition) is 1. The summed E-state index contributed by atoms with van der Waals surface area (Å²) in [4.78, 5) is 12.7. The van der Waals surface area contributed by atoms with E-state index in [0.29, 0.717) is 6.54 Å². The maximum absolute atomic E-state index is 12.7. The summed E-state index contributed by atoms with van der Waals surface area (Å²) in [6.45, 7) is 5.66. The van der Waals surface area contributed by atoms with Gasteiger partial charge in [-0.05, 0) is 32.0 Å².